The highest BCUT2D eigenvalue weighted by Crippen LogP contribution is 2.03. The van der Waals surface area contributed by atoms with E-state index in [0.717, 1.165) is 0 Å². The van der Waals surface area contributed by atoms with Crippen molar-refractivity contribution in [2.75, 3.05) is 0 Å². The van der Waals surface area contributed by atoms with Crippen LogP contribution in [0, 0.1) is 0 Å². The van der Waals surface area contributed by atoms with E-state index >= 15 is 0 Å². The second-order valence-corrected chi connectivity index (χ2v) is 2.47. The van der Waals surface area contributed by atoms with E-state index in [4.69, 9.17) is 11.6 Å². The number of hydrogen-bond acceptors (Lipinski definition) is 1. The molecule has 3 heteroatoms. The van der Waals surface area contributed by atoms with E-state index in [1.807, 2.05) is 0 Å². The third-order valence-corrected chi connectivity index (χ3v) is 1.64. The van der Waals surface area contributed by atoms with Crippen molar-refractivity contribution in [3.05, 3.63) is 46.4 Å². The van der Waals surface area contributed by atoms with Crippen molar-refractivity contribution in [1.29, 1.82) is 0 Å². The Bertz CT molecular complexity index is 316. The topological polar surface area (TPSA) is 22.0 Å². The monoisotopic (exact) mass is 169 g/mol. The molecular formula is C8H8ClNO. The molecule has 0 unspecified atom stereocenters. The molecule has 0 aromatic carbocycles. The zero-order chi connectivity index (χ0) is 8.27. The van der Waals surface area contributed by atoms with Crippen LogP contribution in [0.4, 0.5) is 0 Å². The third kappa shape index (κ3) is 1.71. The lowest BCUT2D eigenvalue weighted by Gasteiger charge is -2.02. The lowest BCUT2D eigenvalue weighted by molar-refractivity contribution is 0.781. The van der Waals surface area contributed by atoms with E-state index in [-0.39, 0.29) is 5.56 Å². The Labute approximate surface area is 69.7 Å². The number of pyridine rings is 1. The standard InChI is InChI=1S/C8H8ClNO/c1-2-6-10-7(9)4-3-5-8(10)11/h2-5H,1,6H2. The van der Waals surface area contributed by atoms with Gasteiger partial charge in [-0.25, -0.2) is 0 Å². The molecule has 1 heterocycles. The van der Waals surface area contributed by atoms with Crippen molar-refractivity contribution in [2.45, 2.75) is 6.54 Å². The molecule has 58 valence electrons. The van der Waals surface area contributed by atoms with Crippen LogP contribution < -0.4 is 5.56 Å². The van der Waals surface area contributed by atoms with Crippen LogP contribution in [-0.4, -0.2) is 4.57 Å². The second-order valence-electron chi connectivity index (χ2n) is 2.09. The van der Waals surface area contributed by atoms with Crippen molar-refractivity contribution >= 4 is 11.6 Å². The molecular weight excluding hydrogens is 162 g/mol. The Hall–Kier alpha value is -1.02. The summed E-state index contributed by atoms with van der Waals surface area (Å²) >= 11 is 5.72. The molecule has 0 spiro atoms. The van der Waals surface area contributed by atoms with Gasteiger partial charge in [-0.15, -0.1) is 6.58 Å². The van der Waals surface area contributed by atoms with Gasteiger partial charge in [0.1, 0.15) is 5.15 Å². The summed E-state index contributed by atoms with van der Waals surface area (Å²) in [6.07, 6.45) is 1.63. The molecule has 1 aromatic heterocycles. The molecule has 0 aliphatic heterocycles. The predicted molar refractivity (Wildman–Crippen MR) is 45.9 cm³/mol. The van der Waals surface area contributed by atoms with Gasteiger partial charge >= 0.3 is 0 Å². The molecule has 0 fully saturated rings. The summed E-state index contributed by atoms with van der Waals surface area (Å²) in [5, 5.41) is 0.442. The van der Waals surface area contributed by atoms with Gasteiger partial charge in [-0.05, 0) is 6.07 Å². The highest BCUT2D eigenvalue weighted by Gasteiger charge is 1.96. The zero-order valence-corrected chi connectivity index (χ0v) is 6.71. The minimum atomic E-state index is -0.0996. The normalized spacial score (nSPS) is 9.55. The van der Waals surface area contributed by atoms with Gasteiger partial charge in [0.15, 0.2) is 0 Å². The summed E-state index contributed by atoms with van der Waals surface area (Å²) in [4.78, 5) is 11.1. The number of allylic oxidation sites excluding steroid dienone is 1. The van der Waals surface area contributed by atoms with E-state index in [0.29, 0.717) is 11.7 Å². The molecule has 0 aliphatic carbocycles. The summed E-state index contributed by atoms with van der Waals surface area (Å²) in [5.74, 6) is 0. The Morgan fingerprint density at radius 1 is 1.64 bits per heavy atom. The number of aromatic nitrogens is 1. The Morgan fingerprint density at radius 2 is 2.36 bits per heavy atom. The molecule has 1 rings (SSSR count). The van der Waals surface area contributed by atoms with Gasteiger partial charge in [0.2, 0.25) is 0 Å². The van der Waals surface area contributed by atoms with Crippen molar-refractivity contribution in [1.82, 2.24) is 4.57 Å². The Balaban J connectivity index is 3.20. The van der Waals surface area contributed by atoms with Crippen LogP contribution in [0.5, 0.6) is 0 Å². The van der Waals surface area contributed by atoms with E-state index in [1.54, 1.807) is 18.2 Å². The molecule has 0 saturated carbocycles. The molecule has 0 amide bonds. The summed E-state index contributed by atoms with van der Waals surface area (Å²) in [5.41, 5.74) is -0.0996. The minimum absolute atomic E-state index is 0.0996. The van der Waals surface area contributed by atoms with Crippen LogP contribution in [0.1, 0.15) is 0 Å². The lowest BCUT2D eigenvalue weighted by atomic mass is 10.4. The van der Waals surface area contributed by atoms with E-state index in [2.05, 4.69) is 6.58 Å². The first-order valence-electron chi connectivity index (χ1n) is 3.22. The van der Waals surface area contributed by atoms with Gasteiger partial charge in [-0.3, -0.25) is 9.36 Å². The second kappa shape index (κ2) is 3.39. The van der Waals surface area contributed by atoms with Crippen LogP contribution >= 0.6 is 11.6 Å². The summed E-state index contributed by atoms with van der Waals surface area (Å²) < 4.78 is 1.44. The van der Waals surface area contributed by atoms with Crippen molar-refractivity contribution in [3.8, 4) is 0 Å². The summed E-state index contributed by atoms with van der Waals surface area (Å²) in [7, 11) is 0. The first-order valence-corrected chi connectivity index (χ1v) is 3.60. The molecule has 0 atom stereocenters. The number of nitrogens with zero attached hydrogens (tertiary/aromatic N) is 1. The molecule has 0 N–H and O–H groups in total. The van der Waals surface area contributed by atoms with Crippen molar-refractivity contribution in [2.24, 2.45) is 0 Å². The fraction of sp³-hybridized carbons (Fsp3) is 0.125. The largest absolute Gasteiger partial charge is 0.295 e. The van der Waals surface area contributed by atoms with Gasteiger partial charge in [0.05, 0.1) is 0 Å². The van der Waals surface area contributed by atoms with Crippen molar-refractivity contribution < 1.29 is 0 Å². The van der Waals surface area contributed by atoms with Gasteiger partial charge in [0.25, 0.3) is 5.56 Å². The maximum atomic E-state index is 11.1. The first-order chi connectivity index (χ1) is 5.25. The number of rotatable bonds is 2. The van der Waals surface area contributed by atoms with E-state index < -0.39 is 0 Å². The molecule has 0 radical (unpaired) electrons. The Morgan fingerprint density at radius 3 is 2.91 bits per heavy atom. The maximum absolute atomic E-state index is 11.1. The van der Waals surface area contributed by atoms with Crippen molar-refractivity contribution in [3.63, 3.8) is 0 Å². The molecule has 2 nitrogen and oxygen atoms in total. The SMILES string of the molecule is C=CCn1c(Cl)cccc1=O. The zero-order valence-electron chi connectivity index (χ0n) is 5.96. The van der Waals surface area contributed by atoms with E-state index in [1.165, 1.54) is 10.6 Å². The lowest BCUT2D eigenvalue weighted by Crippen LogP contribution is -2.18. The highest BCUT2D eigenvalue weighted by atomic mass is 35.5. The van der Waals surface area contributed by atoms with Crippen LogP contribution in [-0.2, 0) is 6.54 Å². The summed E-state index contributed by atoms with van der Waals surface area (Å²) in [6, 6.07) is 4.77. The Kier molecular flexibility index (Phi) is 2.49. The average Bonchev–Trinajstić information content (AvgIpc) is 1.97. The molecule has 11 heavy (non-hydrogen) atoms. The quantitative estimate of drug-likeness (QED) is 0.488. The molecule has 1 aromatic rings. The predicted octanol–water partition coefficient (Wildman–Crippen LogP) is 1.69. The molecule has 0 bridgehead atoms. The third-order valence-electron chi connectivity index (χ3n) is 1.31. The summed E-state index contributed by atoms with van der Waals surface area (Å²) in [6.45, 7) is 3.98. The average molecular weight is 170 g/mol. The van der Waals surface area contributed by atoms with Gasteiger partial charge < -0.3 is 0 Å². The van der Waals surface area contributed by atoms with Crippen LogP contribution in [0.25, 0.3) is 0 Å². The fourth-order valence-corrected chi connectivity index (χ4v) is 1.03. The number of hydrogen-bond donors (Lipinski definition) is 0. The fourth-order valence-electron chi connectivity index (χ4n) is 0.801. The van der Waals surface area contributed by atoms with Gasteiger partial charge in [-0.1, -0.05) is 23.7 Å². The maximum Gasteiger partial charge on any atom is 0.251 e. The minimum Gasteiger partial charge on any atom is -0.295 e. The van der Waals surface area contributed by atoms with Gasteiger partial charge in [-0.2, -0.15) is 0 Å². The molecule has 0 aliphatic rings. The van der Waals surface area contributed by atoms with Crippen LogP contribution in [0.15, 0.2) is 35.6 Å². The first kappa shape index (κ1) is 8.08. The number of halogens is 1. The molecule has 0 saturated heterocycles. The van der Waals surface area contributed by atoms with E-state index in [9.17, 15) is 4.79 Å². The van der Waals surface area contributed by atoms with Crippen LogP contribution in [0.3, 0.4) is 0 Å². The van der Waals surface area contributed by atoms with Gasteiger partial charge in [0, 0.05) is 12.6 Å². The smallest absolute Gasteiger partial charge is 0.251 e. The van der Waals surface area contributed by atoms with Crippen LogP contribution in [0.2, 0.25) is 5.15 Å². The highest BCUT2D eigenvalue weighted by molar-refractivity contribution is 6.29.